The zero-order valence-electron chi connectivity index (χ0n) is 21.3. The molecule has 2 heterocycles. The van der Waals surface area contributed by atoms with Crippen molar-refractivity contribution in [1.82, 2.24) is 14.1 Å². The molecule has 0 saturated heterocycles. The summed E-state index contributed by atoms with van der Waals surface area (Å²) in [5.41, 5.74) is 9.59. The summed E-state index contributed by atoms with van der Waals surface area (Å²) in [4.78, 5) is 5.13. The third-order valence-electron chi connectivity index (χ3n) is 7.18. The number of aryl methyl sites for hydroxylation is 1. The van der Waals surface area contributed by atoms with Crippen LogP contribution in [0.5, 0.6) is 0 Å². The van der Waals surface area contributed by atoms with Gasteiger partial charge in [-0.2, -0.15) is 0 Å². The molecule has 2 aromatic heterocycles. The fraction of sp³-hybridized carbons (Fsp3) is 0.219. The van der Waals surface area contributed by atoms with E-state index in [1.54, 1.807) is 0 Å². The number of nitrogens with zero attached hydrogens (tertiary/aromatic N) is 3. The third-order valence-corrected chi connectivity index (χ3v) is 7.18. The second-order valence-electron chi connectivity index (χ2n) is 10.0. The molecule has 1 radical (unpaired) electrons. The predicted molar refractivity (Wildman–Crippen MR) is 148 cm³/mol. The Bertz CT molecular complexity index is 1700. The van der Waals surface area contributed by atoms with Gasteiger partial charge in [0.1, 0.15) is 0 Å². The summed E-state index contributed by atoms with van der Waals surface area (Å²) in [6, 6.07) is 31.3. The van der Waals surface area contributed by atoms with Crippen LogP contribution in [0.15, 0.2) is 78.9 Å². The van der Waals surface area contributed by atoms with Crippen LogP contribution in [-0.2, 0) is 27.2 Å². The predicted octanol–water partition coefficient (Wildman–Crippen LogP) is 8.38. The Hall–Kier alpha value is -3.20. The Morgan fingerprint density at radius 3 is 2.14 bits per heavy atom. The molecule has 183 valence electrons. The van der Waals surface area contributed by atoms with Gasteiger partial charge in [0.15, 0.2) is 0 Å². The number of hydrogen-bond acceptors (Lipinski definition) is 1. The van der Waals surface area contributed by atoms with Crippen molar-refractivity contribution in [2.24, 2.45) is 7.05 Å². The molecule has 0 atom stereocenters. The molecule has 0 fully saturated rings. The summed E-state index contributed by atoms with van der Waals surface area (Å²) in [7, 11) is 2.20. The zero-order chi connectivity index (χ0) is 24.3. The molecule has 0 unspecified atom stereocenters. The van der Waals surface area contributed by atoms with Crippen molar-refractivity contribution in [1.29, 1.82) is 0 Å². The van der Waals surface area contributed by atoms with E-state index in [9.17, 15) is 0 Å². The number of para-hydroxylation sites is 3. The van der Waals surface area contributed by atoms with E-state index in [1.165, 1.54) is 38.6 Å². The van der Waals surface area contributed by atoms with Gasteiger partial charge in [0.25, 0.3) is 0 Å². The Balaban J connectivity index is 0.00000267. The van der Waals surface area contributed by atoms with Gasteiger partial charge in [-0.25, -0.2) is 0 Å². The first-order valence-corrected chi connectivity index (χ1v) is 12.5. The van der Waals surface area contributed by atoms with Crippen LogP contribution in [0, 0.1) is 6.07 Å². The molecule has 0 aliphatic heterocycles. The monoisotopic (exact) mass is 649 g/mol. The molecule has 4 heteroatoms. The van der Waals surface area contributed by atoms with Crippen molar-refractivity contribution >= 4 is 32.8 Å². The van der Waals surface area contributed by atoms with Crippen LogP contribution in [-0.4, -0.2) is 14.1 Å². The third kappa shape index (κ3) is 3.63. The van der Waals surface area contributed by atoms with E-state index in [4.69, 9.17) is 4.98 Å². The van der Waals surface area contributed by atoms with E-state index < -0.39 is 0 Å². The molecule has 4 aromatic carbocycles. The van der Waals surface area contributed by atoms with Gasteiger partial charge in [-0.15, -0.1) is 35.9 Å². The van der Waals surface area contributed by atoms with Crippen molar-refractivity contribution in [2.45, 2.75) is 39.5 Å². The maximum atomic E-state index is 5.13. The van der Waals surface area contributed by atoms with Crippen LogP contribution >= 0.6 is 0 Å². The second-order valence-corrected chi connectivity index (χ2v) is 10.0. The number of rotatable bonds is 4. The SMILES string of the molecule is CC(C)c1cc(C(C)C)c2c3ccccc3n(C)c2c1-n1c(-c2[c-]cccc2)nc2ccccc21.[Ir]. The number of imidazole rings is 1. The number of hydrogen-bond donors (Lipinski definition) is 0. The molecule has 0 aliphatic rings. The maximum absolute atomic E-state index is 5.13. The molecule has 36 heavy (non-hydrogen) atoms. The van der Waals surface area contributed by atoms with Crippen molar-refractivity contribution in [3.05, 3.63) is 96.1 Å². The van der Waals surface area contributed by atoms with Crippen LogP contribution in [0.2, 0.25) is 0 Å². The molecule has 3 nitrogen and oxygen atoms in total. The molecular formula is C32H30IrN3-. The quantitative estimate of drug-likeness (QED) is 0.176. The summed E-state index contributed by atoms with van der Waals surface area (Å²) in [6.07, 6.45) is 0. The molecular weight excluding hydrogens is 619 g/mol. The van der Waals surface area contributed by atoms with Crippen LogP contribution in [0.1, 0.15) is 50.7 Å². The van der Waals surface area contributed by atoms with Gasteiger partial charge < -0.3 is 9.13 Å². The van der Waals surface area contributed by atoms with Crippen LogP contribution in [0.4, 0.5) is 0 Å². The average molecular weight is 649 g/mol. The fourth-order valence-corrected chi connectivity index (χ4v) is 5.50. The summed E-state index contributed by atoms with van der Waals surface area (Å²) in [6.45, 7) is 9.20. The van der Waals surface area contributed by atoms with Gasteiger partial charge >= 0.3 is 0 Å². The van der Waals surface area contributed by atoms with Crippen molar-refractivity contribution < 1.29 is 20.1 Å². The van der Waals surface area contributed by atoms with Gasteiger partial charge in [-0.05, 0) is 41.2 Å². The Morgan fingerprint density at radius 2 is 1.44 bits per heavy atom. The largest absolute Gasteiger partial charge is 0.342 e. The Kier molecular flexibility index (Phi) is 6.36. The number of benzene rings is 4. The topological polar surface area (TPSA) is 22.8 Å². The number of aromatic nitrogens is 3. The minimum absolute atomic E-state index is 0. The normalized spacial score (nSPS) is 11.8. The first-order valence-electron chi connectivity index (χ1n) is 12.5. The number of fused-ring (bicyclic) bond motifs is 4. The Labute approximate surface area is 226 Å². The molecule has 0 aliphatic carbocycles. The van der Waals surface area contributed by atoms with E-state index in [0.717, 1.165) is 22.4 Å². The van der Waals surface area contributed by atoms with Gasteiger partial charge in [-0.3, -0.25) is 4.98 Å². The van der Waals surface area contributed by atoms with Crippen LogP contribution in [0.3, 0.4) is 0 Å². The molecule has 0 N–H and O–H groups in total. The zero-order valence-corrected chi connectivity index (χ0v) is 23.7. The minimum atomic E-state index is 0. The molecule has 6 aromatic rings. The molecule has 0 saturated carbocycles. The molecule has 0 bridgehead atoms. The fourth-order valence-electron chi connectivity index (χ4n) is 5.50. The minimum Gasteiger partial charge on any atom is -0.342 e. The van der Waals surface area contributed by atoms with Crippen molar-refractivity contribution in [3.8, 4) is 17.1 Å². The molecule has 0 spiro atoms. The maximum Gasteiger partial charge on any atom is 0.0774 e. The van der Waals surface area contributed by atoms with E-state index in [2.05, 4.69) is 117 Å². The van der Waals surface area contributed by atoms with Gasteiger partial charge in [-0.1, -0.05) is 64.1 Å². The first kappa shape index (κ1) is 24.5. The van der Waals surface area contributed by atoms with Gasteiger partial charge in [0, 0.05) is 43.4 Å². The summed E-state index contributed by atoms with van der Waals surface area (Å²) in [5, 5.41) is 2.65. The molecule has 0 amide bonds. The standard InChI is InChI=1S/C32H30N3.Ir/c1-20(2)24-19-25(21(3)4)30(31-29(24)23-15-9-11-17-27(23)34(31)5)35-28-18-12-10-16-26(28)33-32(35)22-13-7-6-8-14-22;/h6-13,15-21H,1-5H3;/q-1;. The van der Waals surface area contributed by atoms with E-state index in [1.807, 2.05) is 12.1 Å². The second kappa shape index (κ2) is 9.35. The Morgan fingerprint density at radius 1 is 0.778 bits per heavy atom. The van der Waals surface area contributed by atoms with E-state index in [0.29, 0.717) is 11.8 Å². The first-order chi connectivity index (χ1) is 17.0. The van der Waals surface area contributed by atoms with E-state index >= 15 is 0 Å². The van der Waals surface area contributed by atoms with Crippen molar-refractivity contribution in [3.63, 3.8) is 0 Å². The smallest absolute Gasteiger partial charge is 0.0774 e. The van der Waals surface area contributed by atoms with Crippen LogP contribution < -0.4 is 0 Å². The summed E-state index contributed by atoms with van der Waals surface area (Å²) in [5.74, 6) is 1.69. The van der Waals surface area contributed by atoms with Crippen LogP contribution in [0.25, 0.3) is 49.9 Å². The van der Waals surface area contributed by atoms with Crippen molar-refractivity contribution in [2.75, 3.05) is 0 Å². The average Bonchev–Trinajstić information content (AvgIpc) is 3.40. The van der Waals surface area contributed by atoms with Gasteiger partial charge in [0.05, 0.1) is 28.1 Å². The van der Waals surface area contributed by atoms with Gasteiger partial charge in [0.2, 0.25) is 0 Å². The summed E-state index contributed by atoms with van der Waals surface area (Å²) < 4.78 is 4.76. The summed E-state index contributed by atoms with van der Waals surface area (Å²) >= 11 is 0. The molecule has 6 rings (SSSR count). The van der Waals surface area contributed by atoms with E-state index in [-0.39, 0.29) is 20.1 Å².